The highest BCUT2D eigenvalue weighted by molar-refractivity contribution is 6.46. The van der Waals surface area contributed by atoms with Crippen LogP contribution in [0.1, 0.15) is 34.7 Å². The number of aliphatic hydroxyl groups excluding tert-OH is 1. The fraction of sp³-hybridized carbons (Fsp3) is 0.222. The number of fused-ring (bicyclic) bond motifs is 1. The molecule has 1 N–H and O–H groups in total. The molecule has 0 saturated carbocycles. The third-order valence-electron chi connectivity index (χ3n) is 6.26. The van der Waals surface area contributed by atoms with Crippen molar-refractivity contribution in [1.29, 1.82) is 0 Å². The molecule has 1 amide bonds. The van der Waals surface area contributed by atoms with Crippen LogP contribution in [-0.4, -0.2) is 40.4 Å². The number of ketones is 1. The van der Waals surface area contributed by atoms with Crippen molar-refractivity contribution in [2.75, 3.05) is 13.7 Å². The molecule has 2 aliphatic rings. The van der Waals surface area contributed by atoms with Gasteiger partial charge in [0.25, 0.3) is 11.7 Å². The second-order valence-corrected chi connectivity index (χ2v) is 8.30. The van der Waals surface area contributed by atoms with Crippen molar-refractivity contribution in [3.63, 3.8) is 0 Å². The lowest BCUT2D eigenvalue weighted by atomic mass is 9.93. The molecule has 34 heavy (non-hydrogen) atoms. The minimum atomic E-state index is -0.809. The standard InChI is InChI=1S/C27H24N2O5/c1-33-22-7-3-2-6-20(22)24-23(25(30)19-8-9-21-18(15-19)5-4-14-34-21)26(31)27(32)29(24)16-17-10-12-28-13-11-17/h2-3,6-13,15,24,30H,4-5,14,16H2,1H3/b25-23+. The van der Waals surface area contributed by atoms with Crippen molar-refractivity contribution < 1.29 is 24.2 Å². The summed E-state index contributed by atoms with van der Waals surface area (Å²) in [7, 11) is 1.54. The van der Waals surface area contributed by atoms with Gasteiger partial charge in [0.2, 0.25) is 0 Å². The number of methoxy groups -OCH3 is 1. The first-order valence-corrected chi connectivity index (χ1v) is 11.1. The molecule has 2 aromatic carbocycles. The van der Waals surface area contributed by atoms with Crippen LogP contribution in [0.15, 0.2) is 72.6 Å². The zero-order valence-corrected chi connectivity index (χ0v) is 18.7. The SMILES string of the molecule is COc1ccccc1C1/C(=C(\O)c2ccc3c(c2)CCCO3)C(=O)C(=O)N1Cc1ccncc1. The Bertz CT molecular complexity index is 1290. The molecule has 1 atom stereocenters. The highest BCUT2D eigenvalue weighted by Crippen LogP contribution is 2.43. The highest BCUT2D eigenvalue weighted by Gasteiger charge is 2.47. The predicted octanol–water partition coefficient (Wildman–Crippen LogP) is 4.04. The van der Waals surface area contributed by atoms with Gasteiger partial charge in [0.15, 0.2) is 0 Å². The first kappa shape index (κ1) is 21.7. The van der Waals surface area contributed by atoms with Crippen LogP contribution in [0.5, 0.6) is 11.5 Å². The van der Waals surface area contributed by atoms with Gasteiger partial charge in [0.05, 0.1) is 25.3 Å². The summed E-state index contributed by atoms with van der Waals surface area (Å²) in [5.74, 6) is -0.298. The normalized spacial score (nSPS) is 19.0. The van der Waals surface area contributed by atoms with Crippen LogP contribution >= 0.6 is 0 Å². The molecule has 7 heteroatoms. The van der Waals surface area contributed by atoms with Gasteiger partial charge >= 0.3 is 0 Å². The number of benzene rings is 2. The summed E-state index contributed by atoms with van der Waals surface area (Å²) in [4.78, 5) is 32.0. The van der Waals surface area contributed by atoms with Crippen molar-refractivity contribution in [1.82, 2.24) is 9.88 Å². The summed E-state index contributed by atoms with van der Waals surface area (Å²) in [5.41, 5.74) is 2.94. The van der Waals surface area contributed by atoms with Gasteiger partial charge in [-0.15, -0.1) is 0 Å². The molecule has 7 nitrogen and oxygen atoms in total. The molecule has 1 saturated heterocycles. The van der Waals surface area contributed by atoms with E-state index in [0.717, 1.165) is 29.7 Å². The number of Topliss-reactive ketones (excluding diaryl/α,β-unsaturated/α-hetero) is 1. The maximum Gasteiger partial charge on any atom is 0.295 e. The number of carbonyl (C=O) groups is 2. The Kier molecular flexibility index (Phi) is 5.76. The predicted molar refractivity (Wildman–Crippen MR) is 125 cm³/mol. The molecule has 3 aromatic rings. The molecule has 0 radical (unpaired) electrons. The van der Waals surface area contributed by atoms with Crippen LogP contribution in [0.3, 0.4) is 0 Å². The third-order valence-corrected chi connectivity index (χ3v) is 6.26. The summed E-state index contributed by atoms with van der Waals surface area (Å²) in [6.45, 7) is 0.844. The topological polar surface area (TPSA) is 89.0 Å². The van der Waals surface area contributed by atoms with Crippen LogP contribution in [0, 0.1) is 0 Å². The molecule has 2 aliphatic heterocycles. The maximum absolute atomic E-state index is 13.3. The number of pyridine rings is 1. The monoisotopic (exact) mass is 456 g/mol. The van der Waals surface area contributed by atoms with Gasteiger partial charge in [0.1, 0.15) is 17.3 Å². The van der Waals surface area contributed by atoms with Crippen molar-refractivity contribution in [3.05, 3.63) is 94.8 Å². The molecular formula is C27H24N2O5. The quantitative estimate of drug-likeness (QED) is 0.354. The number of aromatic nitrogens is 1. The van der Waals surface area contributed by atoms with Crippen molar-refractivity contribution in [2.45, 2.75) is 25.4 Å². The van der Waals surface area contributed by atoms with E-state index in [4.69, 9.17) is 9.47 Å². The fourth-order valence-corrected chi connectivity index (χ4v) is 4.61. The number of nitrogens with zero attached hydrogens (tertiary/aromatic N) is 2. The molecule has 5 rings (SSSR count). The number of likely N-dealkylation sites (tertiary alicyclic amines) is 1. The van der Waals surface area contributed by atoms with Gasteiger partial charge in [-0.1, -0.05) is 18.2 Å². The Labute approximate surface area is 197 Å². The lowest BCUT2D eigenvalue weighted by Crippen LogP contribution is -2.29. The minimum absolute atomic E-state index is 0.0419. The Morgan fingerprint density at radius 1 is 1.15 bits per heavy atom. The minimum Gasteiger partial charge on any atom is -0.507 e. The Hall–Kier alpha value is -4.13. The first-order chi connectivity index (χ1) is 16.6. The number of ether oxygens (including phenoxy) is 2. The van der Waals surface area contributed by atoms with Gasteiger partial charge in [-0.25, -0.2) is 0 Å². The van der Waals surface area contributed by atoms with Crippen LogP contribution in [0.25, 0.3) is 5.76 Å². The lowest BCUT2D eigenvalue weighted by molar-refractivity contribution is -0.140. The molecule has 1 aromatic heterocycles. The number of hydrogen-bond donors (Lipinski definition) is 1. The van der Waals surface area contributed by atoms with E-state index < -0.39 is 17.7 Å². The summed E-state index contributed by atoms with van der Waals surface area (Å²) in [6, 6.07) is 15.4. The van der Waals surface area contributed by atoms with Crippen LogP contribution in [0.4, 0.5) is 0 Å². The molecular weight excluding hydrogens is 432 g/mol. The van der Waals surface area contributed by atoms with Gasteiger partial charge in [0, 0.05) is 30.1 Å². The fourth-order valence-electron chi connectivity index (χ4n) is 4.61. The number of aliphatic hydroxyl groups is 1. The second-order valence-electron chi connectivity index (χ2n) is 8.30. The summed E-state index contributed by atoms with van der Waals surface area (Å²) in [5, 5.41) is 11.4. The van der Waals surface area contributed by atoms with Crippen molar-refractivity contribution >= 4 is 17.4 Å². The number of carbonyl (C=O) groups excluding carboxylic acids is 2. The van der Waals surface area contributed by atoms with Crippen LogP contribution in [-0.2, 0) is 22.6 Å². The average molecular weight is 456 g/mol. The van der Waals surface area contributed by atoms with E-state index in [1.54, 1.807) is 42.7 Å². The van der Waals surface area contributed by atoms with E-state index >= 15 is 0 Å². The van der Waals surface area contributed by atoms with E-state index in [1.165, 1.54) is 12.0 Å². The van der Waals surface area contributed by atoms with E-state index in [0.29, 0.717) is 23.5 Å². The number of rotatable bonds is 5. The molecule has 3 heterocycles. The maximum atomic E-state index is 13.3. The molecule has 0 spiro atoms. The molecule has 0 aliphatic carbocycles. The molecule has 172 valence electrons. The highest BCUT2D eigenvalue weighted by atomic mass is 16.5. The zero-order chi connectivity index (χ0) is 23.7. The van der Waals surface area contributed by atoms with E-state index in [-0.39, 0.29) is 17.9 Å². The zero-order valence-electron chi connectivity index (χ0n) is 18.7. The number of hydrogen-bond acceptors (Lipinski definition) is 6. The summed E-state index contributed by atoms with van der Waals surface area (Å²) in [6.07, 6.45) is 4.98. The van der Waals surface area contributed by atoms with E-state index in [1.807, 2.05) is 24.3 Å². The van der Waals surface area contributed by atoms with Gasteiger partial charge in [-0.05, 0) is 60.4 Å². The van der Waals surface area contributed by atoms with Crippen molar-refractivity contribution in [3.8, 4) is 11.5 Å². The van der Waals surface area contributed by atoms with E-state index in [2.05, 4.69) is 4.98 Å². The van der Waals surface area contributed by atoms with Crippen molar-refractivity contribution in [2.24, 2.45) is 0 Å². The summed E-state index contributed by atoms with van der Waals surface area (Å²) < 4.78 is 11.2. The summed E-state index contributed by atoms with van der Waals surface area (Å²) >= 11 is 0. The number of amides is 1. The van der Waals surface area contributed by atoms with Gasteiger partial charge in [-0.3, -0.25) is 14.6 Å². The molecule has 1 unspecified atom stereocenters. The smallest absolute Gasteiger partial charge is 0.295 e. The number of para-hydroxylation sites is 1. The van der Waals surface area contributed by atoms with Gasteiger partial charge < -0.3 is 19.5 Å². The van der Waals surface area contributed by atoms with E-state index in [9.17, 15) is 14.7 Å². The van der Waals surface area contributed by atoms with Crippen LogP contribution < -0.4 is 9.47 Å². The van der Waals surface area contributed by atoms with Gasteiger partial charge in [-0.2, -0.15) is 0 Å². The Morgan fingerprint density at radius 3 is 2.74 bits per heavy atom. The lowest BCUT2D eigenvalue weighted by Gasteiger charge is -2.26. The number of aryl methyl sites for hydroxylation is 1. The first-order valence-electron chi connectivity index (χ1n) is 11.1. The third kappa shape index (κ3) is 3.79. The second kappa shape index (κ2) is 9.02. The molecule has 0 bridgehead atoms. The Morgan fingerprint density at radius 2 is 1.94 bits per heavy atom. The average Bonchev–Trinajstić information content (AvgIpc) is 3.13. The van der Waals surface area contributed by atoms with Crippen LogP contribution in [0.2, 0.25) is 0 Å². The Balaban J connectivity index is 1.66. The largest absolute Gasteiger partial charge is 0.507 e. The molecule has 1 fully saturated rings.